The van der Waals surface area contributed by atoms with Gasteiger partial charge in [-0.15, -0.1) is 0 Å². The summed E-state index contributed by atoms with van der Waals surface area (Å²) in [7, 11) is 0. The van der Waals surface area contributed by atoms with E-state index in [2.05, 4.69) is 0 Å². The highest BCUT2D eigenvalue weighted by Crippen LogP contribution is 2.41. The fourth-order valence-electron chi connectivity index (χ4n) is 3.87. The predicted octanol–water partition coefficient (Wildman–Crippen LogP) is 5.25. The summed E-state index contributed by atoms with van der Waals surface area (Å²) < 4.78 is 5.67. The quantitative estimate of drug-likeness (QED) is 0.380. The first-order chi connectivity index (χ1) is 14.4. The van der Waals surface area contributed by atoms with Gasteiger partial charge in [0.2, 0.25) is 0 Å². The number of amides is 1. The zero-order valence-electron chi connectivity index (χ0n) is 15.8. The van der Waals surface area contributed by atoms with Gasteiger partial charge in [-0.05, 0) is 54.8 Å². The monoisotopic (exact) mass is 465 g/mol. The first-order valence-electron chi connectivity index (χ1n) is 9.47. The Kier molecular flexibility index (Phi) is 6.07. The Hall–Kier alpha value is -2.05. The number of ether oxygens (including phenoxy) is 1. The molecule has 2 unspecified atom stereocenters. The Morgan fingerprint density at radius 3 is 2.43 bits per heavy atom. The van der Waals surface area contributed by atoms with E-state index in [0.717, 1.165) is 12.8 Å². The van der Waals surface area contributed by atoms with Crippen LogP contribution in [-0.4, -0.2) is 41.0 Å². The molecule has 0 radical (unpaired) electrons. The van der Waals surface area contributed by atoms with Crippen molar-refractivity contribution in [3.8, 4) is 0 Å². The van der Waals surface area contributed by atoms with E-state index in [1.807, 2.05) is 0 Å². The maximum Gasteiger partial charge on any atom is 0.295 e. The van der Waals surface area contributed by atoms with Gasteiger partial charge < -0.3 is 14.7 Å². The van der Waals surface area contributed by atoms with Crippen molar-refractivity contribution in [2.45, 2.75) is 25.0 Å². The van der Waals surface area contributed by atoms with E-state index in [1.165, 1.54) is 4.90 Å². The molecule has 30 heavy (non-hydrogen) atoms. The summed E-state index contributed by atoms with van der Waals surface area (Å²) in [6.07, 6.45) is 1.54. The van der Waals surface area contributed by atoms with Crippen LogP contribution in [0.5, 0.6) is 0 Å². The second-order valence-electron chi connectivity index (χ2n) is 7.27. The second kappa shape index (κ2) is 8.60. The number of hydrogen-bond donors (Lipinski definition) is 1. The first-order valence-corrected chi connectivity index (χ1v) is 10.6. The van der Waals surface area contributed by atoms with Crippen LogP contribution in [0.15, 0.2) is 48.0 Å². The Bertz CT molecular complexity index is 1030. The molecule has 2 aliphatic rings. The lowest BCUT2D eigenvalue weighted by Crippen LogP contribution is -2.36. The topological polar surface area (TPSA) is 66.8 Å². The van der Waals surface area contributed by atoms with Crippen molar-refractivity contribution in [3.63, 3.8) is 0 Å². The molecule has 2 aromatic rings. The number of carbonyl (C=O) groups excluding carboxylic acids is 2. The molecule has 0 aromatic heterocycles. The minimum absolute atomic E-state index is 0.00120. The maximum atomic E-state index is 13.0. The van der Waals surface area contributed by atoms with Crippen molar-refractivity contribution in [3.05, 3.63) is 74.2 Å². The summed E-state index contributed by atoms with van der Waals surface area (Å²) in [4.78, 5) is 27.3. The second-order valence-corrected chi connectivity index (χ2v) is 8.52. The number of ketones is 1. The Morgan fingerprint density at radius 2 is 1.80 bits per heavy atom. The molecule has 0 saturated carbocycles. The van der Waals surface area contributed by atoms with Crippen LogP contribution < -0.4 is 0 Å². The summed E-state index contributed by atoms with van der Waals surface area (Å²) >= 11 is 18.2. The zero-order chi connectivity index (χ0) is 21.4. The number of nitrogens with zero attached hydrogens (tertiary/aromatic N) is 1. The molecule has 2 atom stereocenters. The minimum atomic E-state index is -0.806. The lowest BCUT2D eigenvalue weighted by atomic mass is 9.95. The zero-order valence-corrected chi connectivity index (χ0v) is 18.0. The molecule has 5 nitrogen and oxygen atoms in total. The molecule has 0 spiro atoms. The number of aliphatic hydroxyl groups excluding tert-OH is 1. The highest BCUT2D eigenvalue weighted by molar-refractivity contribution is 6.47. The van der Waals surface area contributed by atoms with Gasteiger partial charge in [-0.2, -0.15) is 0 Å². The van der Waals surface area contributed by atoms with E-state index in [1.54, 1.807) is 42.5 Å². The highest BCUT2D eigenvalue weighted by atomic mass is 35.5. The van der Waals surface area contributed by atoms with Gasteiger partial charge in [-0.1, -0.05) is 40.9 Å². The smallest absolute Gasteiger partial charge is 0.295 e. The number of Topliss-reactive ketones (excluding diaryl/α,β-unsaturated/α-hetero) is 1. The number of rotatable bonds is 4. The number of benzene rings is 2. The van der Waals surface area contributed by atoms with E-state index in [-0.39, 0.29) is 24.0 Å². The molecule has 2 fully saturated rings. The Labute approximate surface area is 188 Å². The molecule has 0 bridgehead atoms. The molecule has 8 heteroatoms. The molecular weight excluding hydrogens is 449 g/mol. The fraction of sp³-hybridized carbons (Fsp3) is 0.273. The van der Waals surface area contributed by atoms with Gasteiger partial charge in [0, 0.05) is 23.7 Å². The van der Waals surface area contributed by atoms with Crippen LogP contribution >= 0.6 is 34.8 Å². The highest BCUT2D eigenvalue weighted by Gasteiger charge is 2.47. The maximum absolute atomic E-state index is 13.0. The number of likely N-dealkylation sites (tertiary alicyclic amines) is 1. The SMILES string of the molecule is O=C1C(=O)N(CC2CCCO2)C(c2ccc(Cl)c(Cl)c2)/C1=C(\O)c1ccc(Cl)cc1. The number of aliphatic hydroxyl groups is 1. The van der Waals surface area contributed by atoms with E-state index in [4.69, 9.17) is 39.5 Å². The normalized spacial score (nSPS) is 23.4. The molecule has 0 aliphatic carbocycles. The van der Waals surface area contributed by atoms with Crippen molar-refractivity contribution in [2.75, 3.05) is 13.2 Å². The fourth-order valence-corrected chi connectivity index (χ4v) is 4.30. The van der Waals surface area contributed by atoms with E-state index in [0.29, 0.717) is 32.8 Å². The molecule has 4 rings (SSSR count). The first kappa shape index (κ1) is 21.2. The predicted molar refractivity (Wildman–Crippen MR) is 116 cm³/mol. The van der Waals surface area contributed by atoms with Gasteiger partial charge in [0.15, 0.2) is 0 Å². The largest absolute Gasteiger partial charge is 0.507 e. The standard InChI is InChI=1S/C22H18Cl3NO4/c23-14-6-3-12(4-7-14)20(27)18-19(13-5-8-16(24)17(25)10-13)26(22(29)21(18)28)11-15-2-1-9-30-15/h3-8,10,15,19,27H,1-2,9,11H2/b20-18+. The molecule has 156 valence electrons. The summed E-state index contributed by atoms with van der Waals surface area (Å²) in [6.45, 7) is 0.865. The molecule has 2 aliphatic heterocycles. The van der Waals surface area contributed by atoms with E-state index >= 15 is 0 Å². The molecule has 2 aromatic carbocycles. The third kappa shape index (κ3) is 3.95. The molecule has 1 amide bonds. The number of halogens is 3. The number of carbonyl (C=O) groups is 2. The van der Waals surface area contributed by atoms with Crippen LogP contribution in [0.4, 0.5) is 0 Å². The Balaban J connectivity index is 1.84. The average Bonchev–Trinajstić information content (AvgIpc) is 3.33. The van der Waals surface area contributed by atoms with Crippen LogP contribution in [0, 0.1) is 0 Å². The minimum Gasteiger partial charge on any atom is -0.507 e. The van der Waals surface area contributed by atoms with Gasteiger partial charge in [0.1, 0.15) is 5.76 Å². The molecule has 2 saturated heterocycles. The van der Waals surface area contributed by atoms with Crippen molar-refractivity contribution < 1.29 is 19.4 Å². The Morgan fingerprint density at radius 1 is 1.07 bits per heavy atom. The molecular formula is C22H18Cl3NO4. The van der Waals surface area contributed by atoms with Gasteiger partial charge in [-0.25, -0.2) is 0 Å². The third-order valence-corrected chi connectivity index (χ3v) is 6.33. The average molecular weight is 467 g/mol. The van der Waals surface area contributed by atoms with Crippen LogP contribution in [-0.2, 0) is 14.3 Å². The van der Waals surface area contributed by atoms with Crippen LogP contribution in [0.25, 0.3) is 5.76 Å². The van der Waals surface area contributed by atoms with Crippen molar-refractivity contribution in [2.24, 2.45) is 0 Å². The van der Waals surface area contributed by atoms with Gasteiger partial charge in [0.05, 0.1) is 27.8 Å². The van der Waals surface area contributed by atoms with Gasteiger partial charge >= 0.3 is 0 Å². The van der Waals surface area contributed by atoms with Crippen LogP contribution in [0.3, 0.4) is 0 Å². The summed E-state index contributed by atoms with van der Waals surface area (Å²) in [5, 5.41) is 12.1. The van der Waals surface area contributed by atoms with Crippen molar-refractivity contribution in [1.29, 1.82) is 0 Å². The summed E-state index contributed by atoms with van der Waals surface area (Å²) in [5.74, 6) is -1.70. The molecule has 2 heterocycles. The summed E-state index contributed by atoms with van der Waals surface area (Å²) in [5.41, 5.74) is 0.968. The summed E-state index contributed by atoms with van der Waals surface area (Å²) in [6, 6.07) is 10.5. The van der Waals surface area contributed by atoms with E-state index in [9.17, 15) is 14.7 Å². The van der Waals surface area contributed by atoms with Gasteiger partial charge in [0.25, 0.3) is 11.7 Å². The van der Waals surface area contributed by atoms with Crippen LogP contribution in [0.2, 0.25) is 15.1 Å². The van der Waals surface area contributed by atoms with Crippen LogP contribution in [0.1, 0.15) is 30.0 Å². The third-order valence-electron chi connectivity index (χ3n) is 5.34. The lowest BCUT2D eigenvalue weighted by Gasteiger charge is -2.27. The van der Waals surface area contributed by atoms with Crippen molar-refractivity contribution >= 4 is 52.3 Å². The molecule has 1 N–H and O–H groups in total. The lowest BCUT2D eigenvalue weighted by molar-refractivity contribution is -0.140. The van der Waals surface area contributed by atoms with E-state index < -0.39 is 17.7 Å². The number of hydrogen-bond acceptors (Lipinski definition) is 4. The van der Waals surface area contributed by atoms with Crippen molar-refractivity contribution in [1.82, 2.24) is 4.90 Å². The van der Waals surface area contributed by atoms with Gasteiger partial charge in [-0.3, -0.25) is 9.59 Å².